The number of rotatable bonds is 8. The fraction of sp³-hybridized carbons (Fsp3) is 0.160. The largest absolute Gasteiger partial charge is 0.493 e. The van der Waals surface area contributed by atoms with Crippen molar-refractivity contribution in [2.24, 2.45) is 0 Å². The number of carbonyl (C=O) groups excluding carboxylic acids is 3. The molecule has 1 aliphatic rings. The Balaban J connectivity index is 1.46. The van der Waals surface area contributed by atoms with Crippen molar-refractivity contribution in [3.8, 4) is 11.5 Å². The molecular formula is C25H20FNO7S. The van der Waals surface area contributed by atoms with Gasteiger partial charge in [0.05, 0.1) is 25.7 Å². The molecule has 10 heteroatoms. The molecule has 8 nitrogen and oxygen atoms in total. The monoisotopic (exact) mass is 497 g/mol. The zero-order chi connectivity index (χ0) is 24.9. The minimum atomic E-state index is -0.650. The number of esters is 1. The number of nitrogens with zero attached hydrogens (tertiary/aromatic N) is 1. The van der Waals surface area contributed by atoms with E-state index in [1.54, 1.807) is 36.4 Å². The Morgan fingerprint density at radius 1 is 1.09 bits per heavy atom. The summed E-state index contributed by atoms with van der Waals surface area (Å²) in [6.07, 6.45) is 1.58. The fourth-order valence-electron chi connectivity index (χ4n) is 3.30. The van der Waals surface area contributed by atoms with Crippen molar-refractivity contribution >= 4 is 35.0 Å². The molecule has 4 rings (SSSR count). The van der Waals surface area contributed by atoms with E-state index in [1.165, 1.54) is 38.5 Å². The van der Waals surface area contributed by atoms with Crippen LogP contribution in [0.15, 0.2) is 63.9 Å². The van der Waals surface area contributed by atoms with E-state index in [9.17, 15) is 18.8 Å². The smallest absolute Gasteiger partial charge is 0.373 e. The molecule has 180 valence electrons. The van der Waals surface area contributed by atoms with E-state index in [2.05, 4.69) is 4.74 Å². The van der Waals surface area contributed by atoms with Crippen molar-refractivity contribution < 1.29 is 37.4 Å². The van der Waals surface area contributed by atoms with E-state index in [-0.39, 0.29) is 35.4 Å². The molecule has 2 heterocycles. The molecule has 2 aromatic carbocycles. The van der Waals surface area contributed by atoms with Crippen LogP contribution in [0, 0.1) is 5.82 Å². The molecule has 0 atom stereocenters. The third kappa shape index (κ3) is 5.55. The zero-order valence-electron chi connectivity index (χ0n) is 18.8. The number of benzene rings is 2. The molecule has 0 bridgehead atoms. The summed E-state index contributed by atoms with van der Waals surface area (Å²) in [4.78, 5) is 38.1. The number of thioether (sulfide) groups is 1. The standard InChI is InChI=1S/C25H20FNO7S/c1-31-21-11-15(6-8-19(21)33-14-16-4-3-5-17(26)10-16)12-22-23(28)27(25(30)35-22)13-18-7-9-20(34-18)24(29)32-2/h3-12H,13-14H2,1-2H3. The van der Waals surface area contributed by atoms with E-state index in [0.29, 0.717) is 22.6 Å². The highest BCUT2D eigenvalue weighted by molar-refractivity contribution is 8.18. The summed E-state index contributed by atoms with van der Waals surface area (Å²) in [7, 11) is 2.71. The molecule has 35 heavy (non-hydrogen) atoms. The maximum absolute atomic E-state index is 13.4. The second-order valence-corrected chi connectivity index (χ2v) is 8.35. The van der Waals surface area contributed by atoms with Gasteiger partial charge < -0.3 is 18.6 Å². The first-order valence-corrected chi connectivity index (χ1v) is 11.2. The van der Waals surface area contributed by atoms with Crippen LogP contribution in [0.4, 0.5) is 9.18 Å². The van der Waals surface area contributed by atoms with E-state index in [4.69, 9.17) is 13.9 Å². The van der Waals surface area contributed by atoms with Crippen LogP contribution in [0.3, 0.4) is 0 Å². The minimum absolute atomic E-state index is 0.0168. The molecule has 0 spiro atoms. The number of ether oxygens (including phenoxy) is 3. The van der Waals surface area contributed by atoms with Crippen molar-refractivity contribution in [3.05, 3.63) is 88.0 Å². The number of methoxy groups -OCH3 is 2. The van der Waals surface area contributed by atoms with Crippen molar-refractivity contribution in [1.82, 2.24) is 4.90 Å². The van der Waals surface area contributed by atoms with Gasteiger partial charge in [0.15, 0.2) is 11.5 Å². The predicted octanol–water partition coefficient (Wildman–Crippen LogP) is 5.03. The van der Waals surface area contributed by atoms with Crippen LogP contribution in [0.5, 0.6) is 11.5 Å². The van der Waals surface area contributed by atoms with E-state index in [1.807, 2.05) is 0 Å². The van der Waals surface area contributed by atoms with Crippen LogP contribution in [0.25, 0.3) is 6.08 Å². The van der Waals surface area contributed by atoms with Gasteiger partial charge in [-0.2, -0.15) is 0 Å². The fourth-order valence-corrected chi connectivity index (χ4v) is 4.14. The van der Waals surface area contributed by atoms with Gasteiger partial charge in [-0.3, -0.25) is 14.5 Å². The van der Waals surface area contributed by atoms with Gasteiger partial charge in [0.2, 0.25) is 5.76 Å². The quantitative estimate of drug-likeness (QED) is 0.316. The zero-order valence-corrected chi connectivity index (χ0v) is 19.6. The minimum Gasteiger partial charge on any atom is -0.493 e. The molecule has 2 amide bonds. The highest BCUT2D eigenvalue weighted by Gasteiger charge is 2.35. The summed E-state index contributed by atoms with van der Waals surface area (Å²) in [5, 5.41) is -0.459. The summed E-state index contributed by atoms with van der Waals surface area (Å²) < 4.78 is 34.5. The van der Waals surface area contributed by atoms with Crippen molar-refractivity contribution in [3.63, 3.8) is 0 Å². The first-order chi connectivity index (χ1) is 16.9. The predicted molar refractivity (Wildman–Crippen MR) is 125 cm³/mol. The molecule has 0 radical (unpaired) electrons. The number of imide groups is 1. The third-order valence-electron chi connectivity index (χ3n) is 5.00. The molecule has 0 unspecified atom stereocenters. The summed E-state index contributed by atoms with van der Waals surface area (Å²) in [5.41, 5.74) is 1.29. The van der Waals surface area contributed by atoms with Gasteiger partial charge in [-0.25, -0.2) is 9.18 Å². The molecule has 0 aliphatic carbocycles. The van der Waals surface area contributed by atoms with Crippen LogP contribution in [-0.2, 0) is 22.7 Å². The molecule has 1 aromatic heterocycles. The van der Waals surface area contributed by atoms with Crippen LogP contribution in [-0.4, -0.2) is 36.2 Å². The molecule has 1 aliphatic heterocycles. The second-order valence-electron chi connectivity index (χ2n) is 7.35. The van der Waals surface area contributed by atoms with Gasteiger partial charge in [-0.1, -0.05) is 18.2 Å². The maximum atomic E-state index is 13.4. The Morgan fingerprint density at radius 3 is 2.66 bits per heavy atom. The van der Waals surface area contributed by atoms with Gasteiger partial charge in [-0.15, -0.1) is 0 Å². The summed E-state index contributed by atoms with van der Waals surface area (Å²) in [6, 6.07) is 14.1. The average Bonchev–Trinajstić information content (AvgIpc) is 3.43. The number of hydrogen-bond acceptors (Lipinski definition) is 8. The van der Waals surface area contributed by atoms with Gasteiger partial charge in [-0.05, 0) is 65.4 Å². The Morgan fingerprint density at radius 2 is 1.91 bits per heavy atom. The Hall–Kier alpha value is -4.05. The van der Waals surface area contributed by atoms with E-state index < -0.39 is 17.1 Å². The first kappa shape index (κ1) is 24.1. The lowest BCUT2D eigenvalue weighted by Crippen LogP contribution is -2.27. The number of carbonyl (C=O) groups is 3. The van der Waals surface area contributed by atoms with Crippen molar-refractivity contribution in [2.75, 3.05) is 14.2 Å². The normalized spacial score (nSPS) is 14.5. The number of furan rings is 1. The van der Waals surface area contributed by atoms with Crippen LogP contribution in [0.2, 0.25) is 0 Å². The lowest BCUT2D eigenvalue weighted by Gasteiger charge is -2.12. The molecule has 0 saturated carbocycles. The van der Waals surface area contributed by atoms with E-state index in [0.717, 1.165) is 16.7 Å². The van der Waals surface area contributed by atoms with Crippen LogP contribution in [0.1, 0.15) is 27.4 Å². The SMILES string of the molecule is COC(=O)c1ccc(CN2C(=O)SC(=Cc3ccc(OCc4cccc(F)c4)c(OC)c3)C2=O)o1. The van der Waals surface area contributed by atoms with E-state index >= 15 is 0 Å². The second kappa shape index (κ2) is 10.5. The Kier molecular flexibility index (Phi) is 7.21. The number of amides is 2. The van der Waals surface area contributed by atoms with Gasteiger partial charge >= 0.3 is 5.97 Å². The highest BCUT2D eigenvalue weighted by Crippen LogP contribution is 2.35. The Labute approximate surface area is 204 Å². The molecular weight excluding hydrogens is 477 g/mol. The van der Waals surface area contributed by atoms with Crippen molar-refractivity contribution in [1.29, 1.82) is 0 Å². The number of halogens is 1. The van der Waals surface area contributed by atoms with Gasteiger partial charge in [0.25, 0.3) is 11.1 Å². The first-order valence-electron chi connectivity index (χ1n) is 10.4. The lowest BCUT2D eigenvalue weighted by atomic mass is 10.1. The van der Waals surface area contributed by atoms with Crippen molar-refractivity contribution in [2.45, 2.75) is 13.2 Å². The topological polar surface area (TPSA) is 95.3 Å². The molecule has 1 fully saturated rings. The molecule has 1 saturated heterocycles. The highest BCUT2D eigenvalue weighted by atomic mass is 32.2. The lowest BCUT2D eigenvalue weighted by molar-refractivity contribution is -0.123. The summed E-state index contributed by atoms with van der Waals surface area (Å²) >= 11 is 0.798. The van der Waals surface area contributed by atoms with Gasteiger partial charge in [0.1, 0.15) is 18.2 Å². The van der Waals surface area contributed by atoms with Crippen LogP contribution >= 0.6 is 11.8 Å². The summed E-state index contributed by atoms with van der Waals surface area (Å²) in [5.74, 6) is -0.365. The number of hydrogen-bond donors (Lipinski definition) is 0. The molecule has 0 N–H and O–H groups in total. The average molecular weight is 498 g/mol. The molecule has 3 aromatic rings. The van der Waals surface area contributed by atoms with Crippen LogP contribution < -0.4 is 9.47 Å². The summed E-state index contributed by atoms with van der Waals surface area (Å²) in [6.45, 7) is 0.0337. The maximum Gasteiger partial charge on any atom is 0.373 e. The van der Waals surface area contributed by atoms with Gasteiger partial charge in [0, 0.05) is 0 Å². The third-order valence-corrected chi connectivity index (χ3v) is 5.91. The Bertz CT molecular complexity index is 1320.